The first-order chi connectivity index (χ1) is 13.3. The van der Waals surface area contributed by atoms with E-state index >= 15 is 0 Å². The van der Waals surface area contributed by atoms with Gasteiger partial charge in [0, 0.05) is 62.5 Å². The molecule has 1 saturated heterocycles. The molecule has 0 bridgehead atoms. The van der Waals surface area contributed by atoms with Gasteiger partial charge in [-0.1, -0.05) is 6.07 Å². The van der Waals surface area contributed by atoms with Gasteiger partial charge >= 0.3 is 0 Å². The maximum atomic E-state index is 13.7. The summed E-state index contributed by atoms with van der Waals surface area (Å²) in [6.07, 6.45) is 0.821. The molecule has 2 amide bonds. The van der Waals surface area contributed by atoms with Gasteiger partial charge in [-0.2, -0.15) is 0 Å². The second-order valence-corrected chi connectivity index (χ2v) is 6.77. The van der Waals surface area contributed by atoms with Gasteiger partial charge in [0.1, 0.15) is 17.9 Å². The number of ether oxygens (including phenoxy) is 1. The predicted octanol–water partition coefficient (Wildman–Crippen LogP) is 1.05. The van der Waals surface area contributed by atoms with Crippen molar-refractivity contribution in [2.45, 2.75) is 32.3 Å². The Morgan fingerprint density at radius 3 is 2.83 bits per heavy atom. The molecule has 0 aliphatic carbocycles. The molecule has 149 valence electrons. The number of carbonyl (C=O) groups is 2. The molecule has 1 N–H and O–H groups in total. The van der Waals surface area contributed by atoms with E-state index in [4.69, 9.17) is 4.74 Å². The smallest absolute Gasteiger partial charge is 0.201 e. The van der Waals surface area contributed by atoms with Crippen LogP contribution in [0.25, 0.3) is 0 Å². The molecule has 0 spiro atoms. The van der Waals surface area contributed by atoms with Crippen LogP contribution in [-0.2, 0) is 50.5 Å². The number of pyridine rings is 1. The third-order valence-corrected chi connectivity index (χ3v) is 4.85. The number of carbonyl (C=O) groups excluding carboxylic acids is 2. The Bertz CT molecular complexity index is 1040. The van der Waals surface area contributed by atoms with Gasteiger partial charge in [-0.15, -0.1) is 6.07 Å². The number of halogens is 2. The van der Waals surface area contributed by atoms with E-state index in [1.807, 2.05) is 6.92 Å². The fourth-order valence-electron chi connectivity index (χ4n) is 3.40. The number of amides is 2. The van der Waals surface area contributed by atoms with Crippen LogP contribution in [0.4, 0.5) is 8.78 Å². The summed E-state index contributed by atoms with van der Waals surface area (Å²) < 4.78 is 33.7. The molecule has 29 heavy (non-hydrogen) atoms. The molecular weight excluding hydrogens is 461 g/mol. The van der Waals surface area contributed by atoms with Crippen LogP contribution >= 0.6 is 0 Å². The minimum atomic E-state index is -0.799. The van der Waals surface area contributed by atoms with E-state index in [-0.39, 0.29) is 74.6 Å². The second-order valence-electron chi connectivity index (χ2n) is 6.77. The van der Waals surface area contributed by atoms with Crippen molar-refractivity contribution in [3.05, 3.63) is 69.1 Å². The van der Waals surface area contributed by atoms with Crippen LogP contribution in [0.5, 0.6) is 0 Å². The summed E-state index contributed by atoms with van der Waals surface area (Å²) in [4.78, 5) is 38.9. The SMILES string of the molecule is C[C@H]1CO[C@@H]2Cn3cc(C(=O)NCc4ccc(F)cc4F)c(=O)[c-]c3C(=O)N12.[Y]. The molecule has 3 heterocycles. The van der Waals surface area contributed by atoms with E-state index in [0.717, 1.165) is 6.07 Å². The minimum Gasteiger partial charge on any atom is -0.372 e. The Labute approximate surface area is 189 Å². The quantitative estimate of drug-likeness (QED) is 0.671. The number of rotatable bonds is 3. The van der Waals surface area contributed by atoms with E-state index in [9.17, 15) is 23.2 Å². The van der Waals surface area contributed by atoms with Gasteiger partial charge in [0.2, 0.25) is 5.91 Å². The molecule has 1 aromatic heterocycles. The number of nitrogens with zero attached hydrogens (tertiary/aromatic N) is 2. The Hall–Kier alpha value is -1.97. The number of benzene rings is 1. The van der Waals surface area contributed by atoms with E-state index in [0.29, 0.717) is 12.7 Å². The first-order valence-electron chi connectivity index (χ1n) is 8.68. The summed E-state index contributed by atoms with van der Waals surface area (Å²) in [7, 11) is 0. The number of hydrogen-bond donors (Lipinski definition) is 1. The molecule has 2 aliphatic heterocycles. The topological polar surface area (TPSA) is 80.6 Å². The third-order valence-electron chi connectivity index (χ3n) is 4.85. The zero-order valence-electron chi connectivity index (χ0n) is 15.4. The Morgan fingerprint density at radius 2 is 2.10 bits per heavy atom. The van der Waals surface area contributed by atoms with Crippen molar-refractivity contribution in [1.29, 1.82) is 0 Å². The number of hydrogen-bond acceptors (Lipinski definition) is 4. The van der Waals surface area contributed by atoms with Crippen molar-refractivity contribution >= 4 is 11.8 Å². The monoisotopic (exact) mass is 477 g/mol. The fraction of sp³-hybridized carbons (Fsp3) is 0.316. The van der Waals surface area contributed by atoms with Gasteiger partial charge in [0.25, 0.3) is 0 Å². The van der Waals surface area contributed by atoms with Crippen LogP contribution in [0, 0.1) is 17.7 Å². The van der Waals surface area contributed by atoms with Crippen LogP contribution < -0.4 is 10.7 Å². The standard InChI is InChI=1S/C19H16F2N3O4.Y/c1-10-9-28-17-8-23-7-13(16(25)5-15(23)19(27)24(10)17)18(26)22-6-11-2-3-12(20)4-14(11)21;/h2-4,7,10,17H,6,8-9H2,1H3,(H,22,26);/q-1;/t10-,17+;/m0./s1. The molecular formula is C19H16F2N3O4Y-. The largest absolute Gasteiger partial charge is 0.372 e. The molecule has 0 saturated carbocycles. The average Bonchev–Trinajstić information content (AvgIpc) is 3.02. The van der Waals surface area contributed by atoms with E-state index in [1.165, 1.54) is 16.8 Å². The zero-order chi connectivity index (χ0) is 20.0. The molecule has 4 rings (SSSR count). The van der Waals surface area contributed by atoms with Crippen molar-refractivity contribution in [2.75, 3.05) is 6.61 Å². The maximum Gasteiger partial charge on any atom is 0.201 e. The molecule has 2 aromatic rings. The molecule has 1 aromatic carbocycles. The van der Waals surface area contributed by atoms with Crippen LogP contribution in [-0.4, -0.2) is 40.2 Å². The van der Waals surface area contributed by atoms with Crippen molar-refractivity contribution in [3.8, 4) is 0 Å². The molecule has 2 aliphatic rings. The van der Waals surface area contributed by atoms with Crippen molar-refractivity contribution in [1.82, 2.24) is 14.8 Å². The molecule has 1 fully saturated rings. The number of fused-ring (bicyclic) bond motifs is 2. The molecule has 1 radical (unpaired) electrons. The molecule has 10 heteroatoms. The number of aromatic nitrogens is 1. The Balaban J connectivity index is 0.00000240. The van der Waals surface area contributed by atoms with E-state index in [1.54, 1.807) is 4.90 Å². The van der Waals surface area contributed by atoms with Gasteiger partial charge in [0.15, 0.2) is 5.91 Å². The van der Waals surface area contributed by atoms with Crippen LogP contribution in [0.3, 0.4) is 0 Å². The van der Waals surface area contributed by atoms with E-state index in [2.05, 4.69) is 11.4 Å². The van der Waals surface area contributed by atoms with Crippen LogP contribution in [0.1, 0.15) is 33.3 Å². The minimum absolute atomic E-state index is 0. The van der Waals surface area contributed by atoms with Crippen LogP contribution in [0.15, 0.2) is 29.2 Å². The molecule has 2 atom stereocenters. The predicted molar refractivity (Wildman–Crippen MR) is 92.4 cm³/mol. The fourth-order valence-corrected chi connectivity index (χ4v) is 3.40. The van der Waals surface area contributed by atoms with Gasteiger partial charge < -0.3 is 29.1 Å². The van der Waals surface area contributed by atoms with Crippen LogP contribution in [0.2, 0.25) is 0 Å². The van der Waals surface area contributed by atoms with E-state index < -0.39 is 29.2 Å². The first kappa shape index (κ1) is 21.7. The summed E-state index contributed by atoms with van der Waals surface area (Å²) in [6.45, 7) is 2.30. The third kappa shape index (κ3) is 4.04. The van der Waals surface area contributed by atoms with Gasteiger partial charge in [-0.05, 0) is 24.9 Å². The summed E-state index contributed by atoms with van der Waals surface area (Å²) in [5.41, 5.74) is -0.808. The Morgan fingerprint density at radius 1 is 1.34 bits per heavy atom. The average molecular weight is 477 g/mol. The summed E-state index contributed by atoms with van der Waals surface area (Å²) in [5.74, 6) is -2.64. The zero-order valence-corrected chi connectivity index (χ0v) is 18.3. The Kier molecular flexibility index (Phi) is 6.31. The summed E-state index contributed by atoms with van der Waals surface area (Å²) in [5, 5.41) is 2.43. The summed E-state index contributed by atoms with van der Waals surface area (Å²) >= 11 is 0. The number of nitrogens with one attached hydrogen (secondary N) is 1. The van der Waals surface area contributed by atoms with Gasteiger partial charge in [-0.3, -0.25) is 4.79 Å². The van der Waals surface area contributed by atoms with Gasteiger partial charge in [-0.25, -0.2) is 8.78 Å². The van der Waals surface area contributed by atoms with Crippen molar-refractivity contribution in [2.24, 2.45) is 0 Å². The normalized spacial score (nSPS) is 20.0. The molecule has 7 nitrogen and oxygen atoms in total. The maximum absolute atomic E-state index is 13.7. The van der Waals surface area contributed by atoms with Crippen molar-refractivity contribution < 1.29 is 55.8 Å². The molecule has 0 unspecified atom stereocenters. The second kappa shape index (κ2) is 8.41. The summed E-state index contributed by atoms with van der Waals surface area (Å²) in [6, 6.07) is 5.34. The van der Waals surface area contributed by atoms with Crippen molar-refractivity contribution in [3.63, 3.8) is 0 Å². The first-order valence-corrected chi connectivity index (χ1v) is 8.68. The van der Waals surface area contributed by atoms with Gasteiger partial charge in [0.05, 0.1) is 18.6 Å².